The topological polar surface area (TPSA) is 87.7 Å². The summed E-state index contributed by atoms with van der Waals surface area (Å²) in [6, 6.07) is 16.6. The van der Waals surface area contributed by atoms with Crippen molar-refractivity contribution in [3.05, 3.63) is 77.5 Å². The maximum Gasteiger partial charge on any atom is 0.267 e. The Morgan fingerprint density at radius 2 is 1.72 bits per heavy atom. The van der Waals surface area contributed by atoms with Gasteiger partial charge >= 0.3 is 0 Å². The van der Waals surface area contributed by atoms with Crippen molar-refractivity contribution in [2.75, 3.05) is 13.2 Å². The Kier molecular flexibility index (Phi) is 8.66. The molecule has 2 amide bonds. The van der Waals surface area contributed by atoms with Crippen LogP contribution in [-0.2, 0) is 9.59 Å². The number of nitrogens with one attached hydrogen (secondary N) is 2. The summed E-state index contributed by atoms with van der Waals surface area (Å²) in [4.78, 5) is 24.7. The van der Waals surface area contributed by atoms with Crippen LogP contribution >= 0.6 is 0 Å². The number of carbonyl (C=O) groups excluding carboxylic acids is 2. The van der Waals surface area contributed by atoms with Gasteiger partial charge in [0.25, 0.3) is 5.91 Å². The molecule has 6 heteroatoms. The molecule has 152 valence electrons. The van der Waals surface area contributed by atoms with Crippen molar-refractivity contribution >= 4 is 24.0 Å². The standard InChI is InChI=1S/C23H26N2O4/c1-17(2)29-20-11-8-19(9-12-20)16-21(23(28)24-14-15-26)25-22(27)13-10-18-6-4-3-5-7-18/h3-13,16-17,26H,14-15H2,1-2H3,(H,24,28)(H,25,27)/b13-10+,21-16-. The van der Waals surface area contributed by atoms with Crippen LogP contribution in [0.2, 0.25) is 0 Å². The summed E-state index contributed by atoms with van der Waals surface area (Å²) >= 11 is 0. The van der Waals surface area contributed by atoms with Crippen molar-refractivity contribution in [3.63, 3.8) is 0 Å². The van der Waals surface area contributed by atoms with Gasteiger partial charge in [-0.25, -0.2) is 0 Å². The smallest absolute Gasteiger partial charge is 0.267 e. The number of benzene rings is 2. The second-order valence-electron chi connectivity index (χ2n) is 6.51. The molecule has 0 saturated carbocycles. The van der Waals surface area contributed by atoms with Crippen LogP contribution < -0.4 is 15.4 Å². The molecule has 29 heavy (non-hydrogen) atoms. The summed E-state index contributed by atoms with van der Waals surface area (Å²) in [7, 11) is 0. The summed E-state index contributed by atoms with van der Waals surface area (Å²) in [6.07, 6.45) is 4.66. The Morgan fingerprint density at radius 3 is 2.34 bits per heavy atom. The molecule has 0 aliphatic carbocycles. The van der Waals surface area contributed by atoms with Gasteiger partial charge in [0, 0.05) is 12.6 Å². The molecule has 0 atom stereocenters. The fourth-order valence-corrected chi connectivity index (χ4v) is 2.41. The van der Waals surface area contributed by atoms with Crippen LogP contribution in [0.4, 0.5) is 0 Å². The van der Waals surface area contributed by atoms with E-state index >= 15 is 0 Å². The Hall–Kier alpha value is -3.38. The molecule has 0 heterocycles. The van der Waals surface area contributed by atoms with E-state index < -0.39 is 11.8 Å². The van der Waals surface area contributed by atoms with E-state index in [1.165, 1.54) is 6.08 Å². The second-order valence-corrected chi connectivity index (χ2v) is 6.51. The highest BCUT2D eigenvalue weighted by atomic mass is 16.5. The minimum absolute atomic E-state index is 0.0619. The number of hydrogen-bond donors (Lipinski definition) is 3. The number of aliphatic hydroxyl groups excluding tert-OH is 1. The maximum absolute atomic E-state index is 12.4. The Bertz CT molecular complexity index is 856. The highest BCUT2D eigenvalue weighted by Gasteiger charge is 2.11. The Morgan fingerprint density at radius 1 is 1.03 bits per heavy atom. The molecule has 6 nitrogen and oxygen atoms in total. The fraction of sp³-hybridized carbons (Fsp3) is 0.217. The zero-order valence-corrected chi connectivity index (χ0v) is 16.6. The lowest BCUT2D eigenvalue weighted by Crippen LogP contribution is -2.35. The molecule has 0 bridgehead atoms. The zero-order chi connectivity index (χ0) is 21.1. The van der Waals surface area contributed by atoms with E-state index in [4.69, 9.17) is 9.84 Å². The predicted octanol–water partition coefficient (Wildman–Crippen LogP) is 2.75. The van der Waals surface area contributed by atoms with Crippen molar-refractivity contribution in [3.8, 4) is 5.75 Å². The molecule has 2 aromatic carbocycles. The minimum atomic E-state index is -0.483. The maximum atomic E-state index is 12.4. The van der Waals surface area contributed by atoms with E-state index in [-0.39, 0.29) is 25.0 Å². The van der Waals surface area contributed by atoms with Crippen LogP contribution in [0.3, 0.4) is 0 Å². The lowest BCUT2D eigenvalue weighted by atomic mass is 10.1. The van der Waals surface area contributed by atoms with Crippen LogP contribution in [0.15, 0.2) is 66.4 Å². The van der Waals surface area contributed by atoms with Crippen molar-refractivity contribution in [2.24, 2.45) is 0 Å². The molecule has 0 saturated heterocycles. The number of amides is 2. The van der Waals surface area contributed by atoms with Crippen molar-refractivity contribution in [1.29, 1.82) is 0 Å². The van der Waals surface area contributed by atoms with Gasteiger partial charge in [0.1, 0.15) is 11.4 Å². The van der Waals surface area contributed by atoms with Crippen molar-refractivity contribution in [2.45, 2.75) is 20.0 Å². The summed E-state index contributed by atoms with van der Waals surface area (Å²) < 4.78 is 5.61. The first kappa shape index (κ1) is 21.9. The molecular formula is C23H26N2O4. The van der Waals surface area contributed by atoms with Gasteiger partial charge in [-0.1, -0.05) is 42.5 Å². The molecular weight excluding hydrogens is 368 g/mol. The summed E-state index contributed by atoms with van der Waals surface area (Å²) in [5, 5.41) is 14.1. The predicted molar refractivity (Wildman–Crippen MR) is 114 cm³/mol. The molecule has 0 aromatic heterocycles. The van der Waals surface area contributed by atoms with Crippen LogP contribution in [-0.4, -0.2) is 36.2 Å². The van der Waals surface area contributed by atoms with Gasteiger partial charge in [0.15, 0.2) is 0 Å². The monoisotopic (exact) mass is 394 g/mol. The largest absolute Gasteiger partial charge is 0.491 e. The highest BCUT2D eigenvalue weighted by molar-refractivity contribution is 6.04. The van der Waals surface area contributed by atoms with E-state index in [1.807, 2.05) is 44.2 Å². The van der Waals surface area contributed by atoms with Gasteiger partial charge in [0.2, 0.25) is 5.91 Å². The van der Waals surface area contributed by atoms with Crippen molar-refractivity contribution < 1.29 is 19.4 Å². The number of aliphatic hydroxyl groups is 1. The molecule has 0 spiro atoms. The van der Waals surface area contributed by atoms with E-state index in [1.54, 1.807) is 36.4 Å². The van der Waals surface area contributed by atoms with Crippen molar-refractivity contribution in [1.82, 2.24) is 10.6 Å². The summed E-state index contributed by atoms with van der Waals surface area (Å²) in [6.45, 7) is 3.78. The molecule has 2 aromatic rings. The second kappa shape index (κ2) is 11.5. The molecule has 0 fully saturated rings. The average molecular weight is 394 g/mol. The number of ether oxygens (including phenoxy) is 1. The molecule has 2 rings (SSSR count). The molecule has 0 aliphatic rings. The van der Waals surface area contributed by atoms with Crippen LogP contribution in [0.25, 0.3) is 12.2 Å². The molecule has 0 unspecified atom stereocenters. The third-order valence-electron chi connectivity index (χ3n) is 3.69. The third kappa shape index (κ3) is 8.02. The van der Waals surface area contributed by atoms with Crippen LogP contribution in [0.5, 0.6) is 5.75 Å². The summed E-state index contributed by atoms with van der Waals surface area (Å²) in [5.74, 6) is -0.194. The van der Waals surface area contributed by atoms with Crippen LogP contribution in [0, 0.1) is 0 Å². The summed E-state index contributed by atoms with van der Waals surface area (Å²) in [5.41, 5.74) is 1.68. The van der Waals surface area contributed by atoms with E-state index in [0.29, 0.717) is 0 Å². The lowest BCUT2D eigenvalue weighted by molar-refractivity contribution is -0.121. The minimum Gasteiger partial charge on any atom is -0.491 e. The number of carbonyl (C=O) groups is 2. The normalized spacial score (nSPS) is 11.5. The molecule has 0 aliphatic heterocycles. The SMILES string of the molecule is CC(C)Oc1ccc(/C=C(\NC(=O)/C=C/c2ccccc2)C(=O)NCCO)cc1. The third-order valence-corrected chi connectivity index (χ3v) is 3.69. The van der Waals surface area contributed by atoms with E-state index in [2.05, 4.69) is 10.6 Å². The highest BCUT2D eigenvalue weighted by Crippen LogP contribution is 2.15. The van der Waals surface area contributed by atoms with Gasteiger partial charge in [-0.2, -0.15) is 0 Å². The lowest BCUT2D eigenvalue weighted by Gasteiger charge is -2.11. The fourth-order valence-electron chi connectivity index (χ4n) is 2.41. The van der Waals surface area contributed by atoms with Gasteiger partial charge in [-0.05, 0) is 49.3 Å². The first-order valence-electron chi connectivity index (χ1n) is 9.39. The van der Waals surface area contributed by atoms with E-state index in [9.17, 15) is 9.59 Å². The first-order chi connectivity index (χ1) is 14.0. The zero-order valence-electron chi connectivity index (χ0n) is 16.6. The molecule has 3 N–H and O–H groups in total. The van der Waals surface area contributed by atoms with Gasteiger partial charge < -0.3 is 20.5 Å². The van der Waals surface area contributed by atoms with Crippen LogP contribution in [0.1, 0.15) is 25.0 Å². The van der Waals surface area contributed by atoms with Gasteiger partial charge in [-0.3, -0.25) is 9.59 Å². The Labute approximate surface area is 170 Å². The number of rotatable bonds is 9. The van der Waals surface area contributed by atoms with Gasteiger partial charge in [-0.15, -0.1) is 0 Å². The number of hydrogen-bond acceptors (Lipinski definition) is 4. The first-order valence-corrected chi connectivity index (χ1v) is 9.39. The average Bonchev–Trinajstić information content (AvgIpc) is 2.71. The van der Waals surface area contributed by atoms with Gasteiger partial charge in [0.05, 0.1) is 12.7 Å². The quantitative estimate of drug-likeness (QED) is 0.571. The Balaban J connectivity index is 2.15. The molecule has 0 radical (unpaired) electrons. The van der Waals surface area contributed by atoms with E-state index in [0.717, 1.165) is 16.9 Å².